The zero-order chi connectivity index (χ0) is 34.1. The molecule has 0 saturated heterocycles. The van der Waals surface area contributed by atoms with Crippen LogP contribution in [0.4, 0.5) is 0 Å². The fourth-order valence-corrected chi connectivity index (χ4v) is 6.99. The number of benzene rings is 5. The van der Waals surface area contributed by atoms with Crippen molar-refractivity contribution in [2.24, 2.45) is 0 Å². The molecule has 8 rings (SSSR count). The number of amides is 1. The van der Waals surface area contributed by atoms with Crippen LogP contribution >= 0.6 is 0 Å². The fraction of sp³-hybridized carbons (Fsp3) is 0.0952. The molecule has 1 atom stereocenters. The number of aliphatic hydroxyl groups is 1. The Morgan fingerprint density at radius 3 is 1.90 bits per heavy atom. The summed E-state index contributed by atoms with van der Waals surface area (Å²) >= 11 is 0. The minimum absolute atomic E-state index is 0.0418. The first-order valence-corrected chi connectivity index (χ1v) is 16.5. The van der Waals surface area contributed by atoms with Crippen LogP contribution < -0.4 is 5.32 Å². The van der Waals surface area contributed by atoms with Gasteiger partial charge in [-0.15, -0.1) is 0 Å². The molecule has 0 saturated carbocycles. The van der Waals surface area contributed by atoms with Crippen molar-refractivity contribution in [1.82, 2.24) is 30.0 Å². The highest BCUT2D eigenvalue weighted by atomic mass is 16.3. The van der Waals surface area contributed by atoms with Gasteiger partial charge in [-0.25, -0.2) is 9.97 Å². The molecule has 0 aliphatic heterocycles. The SMILES string of the molecule is Cc1cccc([C@@H](CO)NC(=O)c2nc3cc4c(-c5ccncc5)[nH]n(C(c5ccccc5)(c5ccccc5)c5ccccc5)c4cc3n2)c1. The molecule has 0 spiro atoms. The van der Waals surface area contributed by atoms with E-state index in [1.54, 1.807) is 12.4 Å². The Balaban J connectivity index is 1.37. The molecule has 1 amide bonds. The highest BCUT2D eigenvalue weighted by molar-refractivity contribution is 6.03. The molecule has 8 nitrogen and oxygen atoms in total. The minimum Gasteiger partial charge on any atom is -0.394 e. The summed E-state index contributed by atoms with van der Waals surface area (Å²) in [5.74, 6) is -0.414. The van der Waals surface area contributed by atoms with Crippen molar-refractivity contribution in [1.29, 1.82) is 0 Å². The van der Waals surface area contributed by atoms with Gasteiger partial charge in [-0.05, 0) is 53.4 Å². The van der Waals surface area contributed by atoms with Crippen LogP contribution in [0.2, 0.25) is 0 Å². The Labute approximate surface area is 289 Å². The Morgan fingerprint density at radius 1 is 0.760 bits per heavy atom. The number of rotatable bonds is 9. The van der Waals surface area contributed by atoms with Crippen molar-refractivity contribution in [3.8, 4) is 11.3 Å². The van der Waals surface area contributed by atoms with Crippen LogP contribution in [0.15, 0.2) is 152 Å². The number of aromatic amines is 1. The van der Waals surface area contributed by atoms with Gasteiger partial charge < -0.3 is 10.4 Å². The molecule has 0 unspecified atom stereocenters. The van der Waals surface area contributed by atoms with Gasteiger partial charge in [-0.2, -0.15) is 0 Å². The van der Waals surface area contributed by atoms with E-state index in [-0.39, 0.29) is 12.4 Å². The highest BCUT2D eigenvalue weighted by Gasteiger charge is 2.40. The number of nitrogens with one attached hydrogen (secondary N) is 2. The van der Waals surface area contributed by atoms with Gasteiger partial charge in [0.25, 0.3) is 5.91 Å². The Hall–Kier alpha value is -6.38. The molecular weight excluding hydrogens is 621 g/mol. The van der Waals surface area contributed by atoms with Crippen LogP contribution in [0, 0.1) is 6.92 Å². The number of pyridine rings is 1. The number of carbonyl (C=O) groups excluding carboxylic acids is 1. The summed E-state index contributed by atoms with van der Waals surface area (Å²) < 4.78 is 2.21. The number of fused-ring (bicyclic) bond motifs is 2. The van der Waals surface area contributed by atoms with Crippen LogP contribution in [-0.4, -0.2) is 42.4 Å². The number of imidazole rings is 1. The summed E-state index contributed by atoms with van der Waals surface area (Å²) in [6.07, 6.45) is 3.56. The van der Waals surface area contributed by atoms with E-state index in [1.807, 2.05) is 73.7 Å². The van der Waals surface area contributed by atoms with Gasteiger partial charge in [0.05, 0.1) is 34.9 Å². The fourth-order valence-electron chi connectivity index (χ4n) is 6.99. The summed E-state index contributed by atoms with van der Waals surface area (Å²) in [4.78, 5) is 27.3. The quantitative estimate of drug-likeness (QED) is 0.139. The normalized spacial score (nSPS) is 12.3. The van der Waals surface area contributed by atoms with E-state index >= 15 is 0 Å². The molecule has 244 valence electrons. The van der Waals surface area contributed by atoms with Gasteiger partial charge in [-0.1, -0.05) is 121 Å². The van der Waals surface area contributed by atoms with Crippen LogP contribution in [0.3, 0.4) is 0 Å². The first-order chi connectivity index (χ1) is 24.6. The lowest BCUT2D eigenvalue weighted by Gasteiger charge is -2.37. The zero-order valence-corrected chi connectivity index (χ0v) is 27.4. The third-order valence-electron chi connectivity index (χ3n) is 9.29. The first kappa shape index (κ1) is 30.9. The number of H-pyrrole nitrogens is 1. The largest absolute Gasteiger partial charge is 0.394 e. The lowest BCUT2D eigenvalue weighted by Crippen LogP contribution is -2.38. The number of hydrogen-bond acceptors (Lipinski definition) is 5. The van der Waals surface area contributed by atoms with Gasteiger partial charge in [-0.3, -0.25) is 19.6 Å². The number of aliphatic hydroxyl groups excluding tert-OH is 1. The van der Waals surface area contributed by atoms with E-state index in [1.165, 1.54) is 0 Å². The zero-order valence-electron chi connectivity index (χ0n) is 27.4. The van der Waals surface area contributed by atoms with Gasteiger partial charge in [0.1, 0.15) is 5.54 Å². The summed E-state index contributed by atoms with van der Waals surface area (Å²) in [6, 6.07) is 46.5. The second-order valence-corrected chi connectivity index (χ2v) is 12.4. The summed E-state index contributed by atoms with van der Waals surface area (Å²) in [6.45, 7) is 1.72. The summed E-state index contributed by atoms with van der Waals surface area (Å²) in [5, 5.41) is 17.8. The smallest absolute Gasteiger partial charge is 0.289 e. The van der Waals surface area contributed by atoms with Gasteiger partial charge in [0, 0.05) is 23.3 Å². The molecular formula is C42H34N6O2. The second-order valence-electron chi connectivity index (χ2n) is 12.4. The third-order valence-corrected chi connectivity index (χ3v) is 9.29. The van der Waals surface area contributed by atoms with Crippen molar-refractivity contribution in [3.05, 3.63) is 186 Å². The van der Waals surface area contributed by atoms with Crippen LogP contribution in [0.25, 0.3) is 33.2 Å². The van der Waals surface area contributed by atoms with Gasteiger partial charge in [0.2, 0.25) is 5.82 Å². The van der Waals surface area contributed by atoms with Crippen molar-refractivity contribution < 1.29 is 9.90 Å². The van der Waals surface area contributed by atoms with Crippen LogP contribution in [0.1, 0.15) is 44.5 Å². The van der Waals surface area contributed by atoms with E-state index in [2.05, 4.69) is 92.9 Å². The number of aryl methyl sites for hydroxylation is 1. The molecule has 3 aromatic heterocycles. The molecule has 3 heterocycles. The van der Waals surface area contributed by atoms with Crippen LogP contribution in [0.5, 0.6) is 0 Å². The molecule has 0 fully saturated rings. The number of nitrogens with zero attached hydrogens (tertiary/aromatic N) is 4. The van der Waals surface area contributed by atoms with Gasteiger partial charge in [0.15, 0.2) is 0 Å². The van der Waals surface area contributed by atoms with Crippen molar-refractivity contribution in [2.45, 2.75) is 18.5 Å². The molecule has 5 aromatic carbocycles. The van der Waals surface area contributed by atoms with E-state index in [0.717, 1.165) is 50.0 Å². The van der Waals surface area contributed by atoms with Crippen molar-refractivity contribution in [2.75, 3.05) is 6.61 Å². The average molecular weight is 655 g/mol. The topological polar surface area (TPSA) is 109 Å². The third kappa shape index (κ3) is 5.32. The molecule has 8 aromatic rings. The number of hydrogen-bond donors (Lipinski definition) is 3. The maximum atomic E-state index is 13.6. The molecule has 3 N–H and O–H groups in total. The maximum absolute atomic E-state index is 13.6. The Morgan fingerprint density at radius 2 is 1.34 bits per heavy atom. The monoisotopic (exact) mass is 654 g/mol. The average Bonchev–Trinajstić information content (AvgIpc) is 3.76. The molecule has 0 radical (unpaired) electrons. The van der Waals surface area contributed by atoms with Crippen molar-refractivity contribution in [3.63, 3.8) is 0 Å². The molecule has 0 aliphatic rings. The summed E-state index contributed by atoms with van der Waals surface area (Å²) in [5.41, 5.74) is 8.08. The molecule has 0 bridgehead atoms. The lowest BCUT2D eigenvalue weighted by atomic mass is 9.77. The standard InChI is InChI=1S/C42H34N6O2/c1-28-12-11-13-30(24-28)37(27-49)46-41(50)40-44-35-25-34-38(26-36(35)45-40)48(47-39(34)29-20-22-43-23-21-29)42(31-14-5-2-6-15-31,32-16-7-3-8-17-32)33-18-9-4-10-19-33/h2-26,37,47,49H,27H2,1H3,(H,46,50)/t37-/m1/s1. The highest BCUT2D eigenvalue weighted by Crippen LogP contribution is 2.44. The van der Waals surface area contributed by atoms with E-state index in [0.29, 0.717) is 11.0 Å². The predicted octanol–water partition coefficient (Wildman–Crippen LogP) is 7.59. The minimum atomic E-state index is -0.830. The second kappa shape index (κ2) is 12.9. The predicted molar refractivity (Wildman–Crippen MR) is 196 cm³/mol. The number of carbonyl (C=O) groups is 1. The van der Waals surface area contributed by atoms with Crippen molar-refractivity contribution >= 4 is 27.8 Å². The van der Waals surface area contributed by atoms with E-state index in [4.69, 9.17) is 9.97 Å². The van der Waals surface area contributed by atoms with Gasteiger partial charge >= 0.3 is 0 Å². The Kier molecular flexibility index (Phi) is 7.98. The summed E-state index contributed by atoms with van der Waals surface area (Å²) in [7, 11) is 0. The van der Waals surface area contributed by atoms with E-state index in [9.17, 15) is 9.90 Å². The Bertz CT molecular complexity index is 2330. The molecule has 8 heteroatoms. The first-order valence-electron chi connectivity index (χ1n) is 16.5. The number of aromatic nitrogens is 5. The molecule has 50 heavy (non-hydrogen) atoms. The van der Waals surface area contributed by atoms with Crippen LogP contribution in [-0.2, 0) is 5.54 Å². The maximum Gasteiger partial charge on any atom is 0.289 e. The van der Waals surface area contributed by atoms with E-state index < -0.39 is 17.5 Å². The lowest BCUT2D eigenvalue weighted by molar-refractivity contribution is 0.0907. The molecule has 0 aliphatic carbocycles.